The number of hydrogen-bond acceptors (Lipinski definition) is 4. The molecule has 2 aliphatic carbocycles. The number of carbonyl (C=O) groups excluding carboxylic acids is 1. The Morgan fingerprint density at radius 1 is 1.10 bits per heavy atom. The third-order valence-electron chi connectivity index (χ3n) is 7.07. The molecule has 1 fully saturated rings. The molecule has 2 unspecified atom stereocenters. The summed E-state index contributed by atoms with van der Waals surface area (Å²) in [6, 6.07) is 14.4. The van der Waals surface area contributed by atoms with Gasteiger partial charge in [-0.1, -0.05) is 43.7 Å². The summed E-state index contributed by atoms with van der Waals surface area (Å²) < 4.78 is 10.8. The van der Waals surface area contributed by atoms with Crippen LogP contribution in [-0.2, 0) is 13.0 Å². The van der Waals surface area contributed by atoms with Crippen molar-refractivity contribution in [1.82, 2.24) is 5.32 Å². The molecule has 0 aromatic heterocycles. The zero-order valence-electron chi connectivity index (χ0n) is 17.7. The first-order chi connectivity index (χ1) is 14.1. The number of benzene rings is 2. The fraction of sp³-hybridized carbons (Fsp3) is 0.480. The summed E-state index contributed by atoms with van der Waals surface area (Å²) >= 11 is 0. The Labute approximate surface area is 173 Å². The Bertz CT molecular complexity index is 879. The minimum atomic E-state index is 0.107. The summed E-state index contributed by atoms with van der Waals surface area (Å²) in [5, 5.41) is 3.58. The molecule has 0 spiro atoms. The van der Waals surface area contributed by atoms with Crippen LogP contribution in [0, 0.1) is 17.3 Å². The van der Waals surface area contributed by atoms with Gasteiger partial charge in [0.25, 0.3) is 0 Å². The van der Waals surface area contributed by atoms with Crippen LogP contribution in [0.5, 0.6) is 11.5 Å². The van der Waals surface area contributed by atoms with Gasteiger partial charge >= 0.3 is 0 Å². The second kappa shape index (κ2) is 8.19. The number of rotatable bonds is 9. The number of methoxy groups -OCH3 is 2. The summed E-state index contributed by atoms with van der Waals surface area (Å²) in [5.74, 6) is 2.24. The summed E-state index contributed by atoms with van der Waals surface area (Å²) in [6.45, 7) is 4.17. The SMILES string of the molecule is CCC1(CCNCc2ccccc2)C[C@@H]1C1Cc2cc(OC)c(OC)cc2C1=O. The second-order valence-corrected chi connectivity index (χ2v) is 8.48. The van der Waals surface area contributed by atoms with Crippen LogP contribution in [0.4, 0.5) is 0 Å². The Balaban J connectivity index is 1.38. The fourth-order valence-electron chi connectivity index (χ4n) is 5.16. The standard InChI is InChI=1S/C25H31NO3/c1-4-25(10-11-26-16-17-8-6-5-7-9-17)15-21(25)20-12-18-13-22(28-2)23(29-3)14-19(18)24(20)27/h5-9,13-14,20-21,26H,4,10-12,15-16H2,1-3H3/t20?,21-,25?/m1/s1. The van der Waals surface area contributed by atoms with E-state index < -0.39 is 0 Å². The fourth-order valence-corrected chi connectivity index (χ4v) is 5.16. The van der Waals surface area contributed by atoms with Crippen LogP contribution in [0.3, 0.4) is 0 Å². The molecule has 29 heavy (non-hydrogen) atoms. The summed E-state index contributed by atoms with van der Waals surface area (Å²) in [5.41, 5.74) is 3.55. The molecule has 1 saturated carbocycles. The van der Waals surface area contributed by atoms with E-state index in [2.05, 4.69) is 36.5 Å². The number of Topliss-reactive ketones (excluding diaryl/α,β-unsaturated/α-hetero) is 1. The van der Waals surface area contributed by atoms with Crippen LogP contribution in [-0.4, -0.2) is 26.5 Å². The molecule has 2 aromatic carbocycles. The highest BCUT2D eigenvalue weighted by Crippen LogP contribution is 2.63. The van der Waals surface area contributed by atoms with E-state index in [0.29, 0.717) is 28.6 Å². The van der Waals surface area contributed by atoms with E-state index in [-0.39, 0.29) is 5.92 Å². The maximum absolute atomic E-state index is 13.2. The van der Waals surface area contributed by atoms with E-state index in [1.165, 1.54) is 5.56 Å². The normalized spacial score (nSPS) is 25.0. The molecule has 0 amide bonds. The van der Waals surface area contributed by atoms with Crippen molar-refractivity contribution in [3.8, 4) is 11.5 Å². The first-order valence-electron chi connectivity index (χ1n) is 10.7. The second-order valence-electron chi connectivity index (χ2n) is 8.48. The topological polar surface area (TPSA) is 47.6 Å². The maximum atomic E-state index is 13.2. The van der Waals surface area contributed by atoms with Crippen molar-refractivity contribution < 1.29 is 14.3 Å². The van der Waals surface area contributed by atoms with E-state index in [1.54, 1.807) is 14.2 Å². The van der Waals surface area contributed by atoms with E-state index in [0.717, 1.165) is 49.9 Å². The van der Waals surface area contributed by atoms with E-state index >= 15 is 0 Å². The van der Waals surface area contributed by atoms with Crippen molar-refractivity contribution in [3.05, 3.63) is 59.2 Å². The molecule has 0 bridgehead atoms. The molecule has 0 heterocycles. The average Bonchev–Trinajstić information content (AvgIpc) is 3.40. The number of ketones is 1. The van der Waals surface area contributed by atoms with Crippen LogP contribution in [0.2, 0.25) is 0 Å². The van der Waals surface area contributed by atoms with Crippen molar-refractivity contribution in [2.24, 2.45) is 17.3 Å². The molecule has 3 atom stereocenters. The van der Waals surface area contributed by atoms with Gasteiger partial charge in [0.2, 0.25) is 0 Å². The van der Waals surface area contributed by atoms with Gasteiger partial charge in [0, 0.05) is 18.0 Å². The first kappa shape index (κ1) is 20.0. The van der Waals surface area contributed by atoms with Crippen molar-refractivity contribution in [3.63, 3.8) is 0 Å². The molecule has 0 saturated heterocycles. The number of ether oxygens (including phenoxy) is 2. The van der Waals surface area contributed by atoms with Crippen molar-refractivity contribution in [1.29, 1.82) is 0 Å². The van der Waals surface area contributed by atoms with E-state index in [9.17, 15) is 4.79 Å². The Hall–Kier alpha value is -2.33. The van der Waals surface area contributed by atoms with E-state index in [1.807, 2.05) is 18.2 Å². The largest absolute Gasteiger partial charge is 0.493 e. The molecule has 1 N–H and O–H groups in total. The van der Waals surface area contributed by atoms with Gasteiger partial charge in [-0.05, 0) is 60.4 Å². The molecule has 0 aliphatic heterocycles. The highest BCUT2D eigenvalue weighted by Gasteiger charge is 2.58. The van der Waals surface area contributed by atoms with Crippen molar-refractivity contribution in [2.75, 3.05) is 20.8 Å². The Kier molecular flexibility index (Phi) is 5.64. The monoisotopic (exact) mass is 393 g/mol. The third-order valence-corrected chi connectivity index (χ3v) is 7.07. The molecule has 4 heteroatoms. The van der Waals surface area contributed by atoms with Gasteiger partial charge in [0.05, 0.1) is 14.2 Å². The maximum Gasteiger partial charge on any atom is 0.166 e. The van der Waals surface area contributed by atoms with Crippen LogP contribution in [0.25, 0.3) is 0 Å². The summed E-state index contributed by atoms with van der Waals surface area (Å²) in [4.78, 5) is 13.2. The molecule has 4 nitrogen and oxygen atoms in total. The molecule has 0 radical (unpaired) electrons. The zero-order valence-corrected chi connectivity index (χ0v) is 17.7. The Morgan fingerprint density at radius 2 is 1.83 bits per heavy atom. The molecule has 2 aromatic rings. The number of carbonyl (C=O) groups is 1. The Morgan fingerprint density at radius 3 is 2.52 bits per heavy atom. The number of hydrogen-bond donors (Lipinski definition) is 1. The molecule has 2 aliphatic rings. The molecule has 154 valence electrons. The zero-order chi connectivity index (χ0) is 20.4. The third kappa shape index (κ3) is 3.78. The van der Waals surface area contributed by atoms with Gasteiger partial charge in [0.15, 0.2) is 17.3 Å². The highest BCUT2D eigenvalue weighted by atomic mass is 16.5. The van der Waals surface area contributed by atoms with Crippen LogP contribution < -0.4 is 14.8 Å². The van der Waals surface area contributed by atoms with Crippen molar-refractivity contribution in [2.45, 2.75) is 39.2 Å². The number of nitrogens with one attached hydrogen (secondary N) is 1. The van der Waals surface area contributed by atoms with Gasteiger partial charge in [-0.15, -0.1) is 0 Å². The summed E-state index contributed by atoms with van der Waals surface area (Å²) in [6.07, 6.45) is 4.26. The van der Waals surface area contributed by atoms with Gasteiger partial charge in [-0.25, -0.2) is 0 Å². The minimum absolute atomic E-state index is 0.107. The highest BCUT2D eigenvalue weighted by molar-refractivity contribution is 6.03. The van der Waals surface area contributed by atoms with Gasteiger partial charge < -0.3 is 14.8 Å². The summed E-state index contributed by atoms with van der Waals surface area (Å²) in [7, 11) is 3.26. The molecular weight excluding hydrogens is 362 g/mol. The quantitative estimate of drug-likeness (QED) is 0.630. The number of fused-ring (bicyclic) bond motifs is 1. The molecule has 4 rings (SSSR count). The lowest BCUT2D eigenvalue weighted by Gasteiger charge is -2.18. The van der Waals surface area contributed by atoms with E-state index in [4.69, 9.17) is 9.47 Å². The van der Waals surface area contributed by atoms with Gasteiger partial charge in [-0.2, -0.15) is 0 Å². The minimum Gasteiger partial charge on any atom is -0.493 e. The predicted octanol–water partition coefficient (Wildman–Crippen LogP) is 4.66. The lowest BCUT2D eigenvalue weighted by molar-refractivity contribution is 0.0908. The lowest BCUT2D eigenvalue weighted by Crippen LogP contribution is -2.22. The van der Waals surface area contributed by atoms with Crippen LogP contribution in [0.15, 0.2) is 42.5 Å². The van der Waals surface area contributed by atoms with Gasteiger partial charge in [0.1, 0.15) is 0 Å². The molecular formula is C25H31NO3. The predicted molar refractivity (Wildman–Crippen MR) is 115 cm³/mol. The van der Waals surface area contributed by atoms with Crippen LogP contribution >= 0.6 is 0 Å². The van der Waals surface area contributed by atoms with Crippen LogP contribution in [0.1, 0.15) is 47.7 Å². The smallest absolute Gasteiger partial charge is 0.166 e. The van der Waals surface area contributed by atoms with Crippen molar-refractivity contribution >= 4 is 5.78 Å². The lowest BCUT2D eigenvalue weighted by atomic mass is 9.87. The first-order valence-corrected chi connectivity index (χ1v) is 10.7. The average molecular weight is 394 g/mol. The van der Waals surface area contributed by atoms with Gasteiger partial charge in [-0.3, -0.25) is 4.79 Å².